The van der Waals surface area contributed by atoms with E-state index in [1.54, 1.807) is 0 Å². The van der Waals surface area contributed by atoms with Crippen LogP contribution in [0.15, 0.2) is 30.3 Å². The Kier molecular flexibility index (Phi) is 4.03. The molecule has 70 valence electrons. The van der Waals surface area contributed by atoms with E-state index in [9.17, 15) is 4.79 Å². The van der Waals surface area contributed by atoms with Crippen LogP contribution in [0.4, 0.5) is 0 Å². The minimum atomic E-state index is 0.178. The lowest BCUT2D eigenvalue weighted by Crippen LogP contribution is -2.23. The van der Waals surface area contributed by atoms with Crippen LogP contribution in [0.3, 0.4) is 0 Å². The van der Waals surface area contributed by atoms with Crippen molar-refractivity contribution in [2.75, 3.05) is 12.5 Å². The van der Waals surface area contributed by atoms with Gasteiger partial charge in [-0.2, -0.15) is 0 Å². The normalized spacial score (nSPS) is 12.8. The van der Waals surface area contributed by atoms with Crippen LogP contribution >= 0.6 is 0 Å². The van der Waals surface area contributed by atoms with E-state index < -0.39 is 0 Å². The van der Waals surface area contributed by atoms with Gasteiger partial charge in [0.1, 0.15) is 0 Å². The van der Waals surface area contributed by atoms with Gasteiger partial charge in [0.2, 0.25) is 0 Å². The molecule has 0 N–H and O–H groups in total. The van der Waals surface area contributed by atoms with Crippen molar-refractivity contribution >= 4 is 17.2 Å². The summed E-state index contributed by atoms with van der Waals surface area (Å²) >= 11 is 0. The highest BCUT2D eigenvalue weighted by molar-refractivity contribution is 7.96. The van der Waals surface area contributed by atoms with E-state index in [0.717, 1.165) is 12.7 Å². The Morgan fingerprint density at radius 3 is 2.38 bits per heavy atom. The van der Waals surface area contributed by atoms with Gasteiger partial charge in [0.05, 0.1) is 12.5 Å². The second-order valence-corrected chi connectivity index (χ2v) is 5.61. The van der Waals surface area contributed by atoms with Gasteiger partial charge in [-0.05, 0) is 16.5 Å². The van der Waals surface area contributed by atoms with Crippen LogP contribution in [0.1, 0.15) is 5.56 Å². The fourth-order valence-corrected chi connectivity index (χ4v) is 1.92. The minimum Gasteiger partial charge on any atom is -0.298 e. The molecule has 0 aliphatic carbocycles. The van der Waals surface area contributed by atoms with Gasteiger partial charge in [-0.25, -0.2) is 0 Å². The standard InChI is InChI=1S/C11H15OS/c1-13(2)11(9-12)8-10-6-4-3-5-7-10/h3-7,9,11H,8H2,1-2H3/q+1. The third-order valence-corrected chi connectivity index (χ3v) is 3.53. The lowest BCUT2D eigenvalue weighted by atomic mass is 10.1. The van der Waals surface area contributed by atoms with E-state index in [0.29, 0.717) is 0 Å². The highest BCUT2D eigenvalue weighted by Crippen LogP contribution is 2.07. The predicted molar refractivity (Wildman–Crippen MR) is 59.2 cm³/mol. The molecule has 0 aromatic heterocycles. The van der Waals surface area contributed by atoms with Gasteiger partial charge in [-0.15, -0.1) is 0 Å². The first-order chi connectivity index (χ1) is 6.24. The Labute approximate surface area is 82.5 Å². The Morgan fingerprint density at radius 2 is 1.92 bits per heavy atom. The van der Waals surface area contributed by atoms with E-state index in [1.165, 1.54) is 5.56 Å². The fourth-order valence-electron chi connectivity index (χ4n) is 1.17. The summed E-state index contributed by atoms with van der Waals surface area (Å²) in [7, 11) is 0.178. The quantitative estimate of drug-likeness (QED) is 0.527. The number of benzene rings is 1. The average Bonchev–Trinajstić information content (AvgIpc) is 2.15. The zero-order chi connectivity index (χ0) is 9.68. The monoisotopic (exact) mass is 195 g/mol. The van der Waals surface area contributed by atoms with E-state index in [4.69, 9.17) is 0 Å². The first kappa shape index (κ1) is 10.3. The molecule has 0 saturated carbocycles. The summed E-state index contributed by atoms with van der Waals surface area (Å²) in [5.41, 5.74) is 1.25. The molecule has 0 aliphatic rings. The molecule has 13 heavy (non-hydrogen) atoms. The molecule has 0 spiro atoms. The number of hydrogen-bond donors (Lipinski definition) is 0. The number of carbonyl (C=O) groups is 1. The van der Waals surface area contributed by atoms with Crippen molar-refractivity contribution in [3.8, 4) is 0 Å². The van der Waals surface area contributed by atoms with Crippen LogP contribution in [0.2, 0.25) is 0 Å². The lowest BCUT2D eigenvalue weighted by molar-refractivity contribution is -0.107. The number of aldehydes is 1. The molecular weight excluding hydrogens is 180 g/mol. The van der Waals surface area contributed by atoms with Crippen LogP contribution in [0.5, 0.6) is 0 Å². The maximum Gasteiger partial charge on any atom is 0.176 e. The first-order valence-electron chi connectivity index (χ1n) is 4.29. The number of rotatable bonds is 4. The van der Waals surface area contributed by atoms with E-state index in [1.807, 2.05) is 18.2 Å². The van der Waals surface area contributed by atoms with E-state index in [-0.39, 0.29) is 16.1 Å². The number of carbonyl (C=O) groups excluding carboxylic acids is 1. The lowest BCUT2D eigenvalue weighted by Gasteiger charge is -2.06. The van der Waals surface area contributed by atoms with Gasteiger partial charge in [-0.3, -0.25) is 4.79 Å². The van der Waals surface area contributed by atoms with Crippen LogP contribution in [0.25, 0.3) is 0 Å². The van der Waals surface area contributed by atoms with E-state index >= 15 is 0 Å². The first-order valence-corrected chi connectivity index (χ1v) is 6.40. The molecule has 1 rings (SSSR count). The molecule has 0 heterocycles. The highest BCUT2D eigenvalue weighted by Gasteiger charge is 2.20. The van der Waals surface area contributed by atoms with E-state index in [2.05, 4.69) is 24.6 Å². The van der Waals surface area contributed by atoms with Gasteiger partial charge in [0, 0.05) is 6.42 Å². The molecule has 0 amide bonds. The van der Waals surface area contributed by atoms with Crippen molar-refractivity contribution < 1.29 is 4.79 Å². The Bertz CT molecular complexity index is 256. The Morgan fingerprint density at radius 1 is 1.31 bits per heavy atom. The van der Waals surface area contributed by atoms with Gasteiger partial charge in [-0.1, -0.05) is 30.3 Å². The summed E-state index contributed by atoms with van der Waals surface area (Å²) in [6.45, 7) is 0. The van der Waals surface area contributed by atoms with Crippen LogP contribution in [-0.4, -0.2) is 24.0 Å². The largest absolute Gasteiger partial charge is 0.298 e. The Hall–Kier alpha value is -0.760. The molecule has 2 heteroatoms. The summed E-state index contributed by atoms with van der Waals surface area (Å²) < 4.78 is 0. The number of hydrogen-bond acceptors (Lipinski definition) is 1. The summed E-state index contributed by atoms with van der Waals surface area (Å²) in [4.78, 5) is 10.8. The van der Waals surface area contributed by atoms with Crippen molar-refractivity contribution in [3.05, 3.63) is 35.9 Å². The molecule has 1 aromatic rings. The molecule has 0 bridgehead atoms. The van der Waals surface area contributed by atoms with Crippen LogP contribution in [-0.2, 0) is 22.1 Å². The zero-order valence-electron chi connectivity index (χ0n) is 8.07. The second-order valence-electron chi connectivity index (χ2n) is 3.24. The van der Waals surface area contributed by atoms with Crippen molar-refractivity contribution in [1.29, 1.82) is 0 Å². The van der Waals surface area contributed by atoms with Crippen molar-refractivity contribution in [2.24, 2.45) is 0 Å². The minimum absolute atomic E-state index is 0.178. The molecule has 0 saturated heterocycles. The maximum absolute atomic E-state index is 10.8. The average molecular weight is 195 g/mol. The molecular formula is C11H15OS+. The molecule has 1 atom stereocenters. The molecule has 0 aliphatic heterocycles. The molecule has 0 radical (unpaired) electrons. The van der Waals surface area contributed by atoms with Gasteiger partial charge < -0.3 is 0 Å². The van der Waals surface area contributed by atoms with Crippen LogP contribution < -0.4 is 0 Å². The summed E-state index contributed by atoms with van der Waals surface area (Å²) in [5, 5.41) is 0.183. The second kappa shape index (κ2) is 5.07. The zero-order valence-corrected chi connectivity index (χ0v) is 8.88. The van der Waals surface area contributed by atoms with Crippen molar-refractivity contribution in [3.63, 3.8) is 0 Å². The van der Waals surface area contributed by atoms with Gasteiger partial charge in [0.25, 0.3) is 0 Å². The van der Waals surface area contributed by atoms with Gasteiger partial charge in [0.15, 0.2) is 11.5 Å². The van der Waals surface area contributed by atoms with Crippen LogP contribution in [0, 0.1) is 0 Å². The third-order valence-electron chi connectivity index (χ3n) is 2.04. The molecule has 0 fully saturated rings. The van der Waals surface area contributed by atoms with Gasteiger partial charge >= 0.3 is 0 Å². The van der Waals surface area contributed by atoms with Crippen molar-refractivity contribution in [1.82, 2.24) is 0 Å². The maximum atomic E-state index is 10.8. The smallest absolute Gasteiger partial charge is 0.176 e. The third kappa shape index (κ3) is 3.23. The summed E-state index contributed by atoms with van der Waals surface area (Å²) in [6.07, 6.45) is 6.18. The SMILES string of the molecule is C[S+](C)C(C=O)Cc1ccccc1. The summed E-state index contributed by atoms with van der Waals surface area (Å²) in [6, 6.07) is 10.2. The summed E-state index contributed by atoms with van der Waals surface area (Å²) in [5.74, 6) is 0. The van der Waals surface area contributed by atoms with Crippen molar-refractivity contribution in [2.45, 2.75) is 11.7 Å². The Balaban J connectivity index is 2.62. The molecule has 1 unspecified atom stereocenters. The highest BCUT2D eigenvalue weighted by atomic mass is 32.2. The topological polar surface area (TPSA) is 17.1 Å². The molecule has 1 nitrogen and oxygen atoms in total. The molecule has 1 aromatic carbocycles. The fraction of sp³-hybridized carbons (Fsp3) is 0.364. The predicted octanol–water partition coefficient (Wildman–Crippen LogP) is 1.67.